The first-order valence-corrected chi connectivity index (χ1v) is 15.9. The first kappa shape index (κ1) is 28.2. The van der Waals surface area contributed by atoms with Crippen molar-refractivity contribution in [2.75, 3.05) is 9.80 Å². The molecule has 3 heteroatoms. The van der Waals surface area contributed by atoms with E-state index in [-0.39, 0.29) is 0 Å². The summed E-state index contributed by atoms with van der Waals surface area (Å²) < 4.78 is 6.75. The predicted octanol–water partition coefficient (Wildman–Crippen LogP) is 12.7. The topological polar surface area (TPSA) is 19.6 Å². The van der Waals surface area contributed by atoms with Crippen LogP contribution in [0.15, 0.2) is 199 Å². The van der Waals surface area contributed by atoms with Crippen molar-refractivity contribution in [2.45, 2.75) is 0 Å². The largest absolute Gasteiger partial charge is 0.455 e. The maximum atomic E-state index is 6.75. The second kappa shape index (κ2) is 12.6. The molecule has 0 N–H and O–H groups in total. The van der Waals surface area contributed by atoms with Gasteiger partial charge in [0.25, 0.3) is 0 Å². The number of rotatable bonds is 8. The maximum Gasteiger partial charge on any atom is 0.142 e. The molecule has 0 radical (unpaired) electrons. The molecule has 0 amide bonds. The number of hydrogen-bond acceptors (Lipinski definition) is 3. The molecule has 0 aliphatic heterocycles. The van der Waals surface area contributed by atoms with Gasteiger partial charge in [0.2, 0.25) is 0 Å². The Morgan fingerprint density at radius 1 is 0.255 bits per heavy atom. The highest BCUT2D eigenvalue weighted by Crippen LogP contribution is 2.42. The van der Waals surface area contributed by atoms with E-state index in [9.17, 15) is 0 Å². The molecule has 1 aromatic heterocycles. The Labute approximate surface area is 275 Å². The lowest BCUT2D eigenvalue weighted by molar-refractivity contribution is 0.602. The molecule has 0 bridgehead atoms. The lowest BCUT2D eigenvalue weighted by Crippen LogP contribution is -2.09. The molecule has 0 atom stereocenters. The number of nitrogens with zero attached hydrogens (tertiary/aromatic N) is 2. The first-order valence-electron chi connectivity index (χ1n) is 15.9. The zero-order valence-corrected chi connectivity index (χ0v) is 25.8. The van der Waals surface area contributed by atoms with E-state index >= 15 is 0 Å². The third-order valence-electron chi connectivity index (χ3n) is 8.45. The van der Waals surface area contributed by atoms with Crippen LogP contribution in [0.4, 0.5) is 34.1 Å². The van der Waals surface area contributed by atoms with Gasteiger partial charge < -0.3 is 14.2 Å². The zero-order valence-electron chi connectivity index (χ0n) is 25.8. The van der Waals surface area contributed by atoms with Gasteiger partial charge >= 0.3 is 0 Å². The van der Waals surface area contributed by atoms with E-state index < -0.39 is 0 Å². The molecule has 0 saturated heterocycles. The lowest BCUT2D eigenvalue weighted by Gasteiger charge is -2.25. The van der Waals surface area contributed by atoms with Gasteiger partial charge in [-0.15, -0.1) is 0 Å². The van der Waals surface area contributed by atoms with Crippen molar-refractivity contribution < 1.29 is 4.42 Å². The Bertz CT molecular complexity index is 1970. The van der Waals surface area contributed by atoms with Crippen molar-refractivity contribution in [1.82, 2.24) is 0 Å². The number of anilines is 6. The summed E-state index contributed by atoms with van der Waals surface area (Å²) in [4.78, 5) is 4.54. The summed E-state index contributed by atoms with van der Waals surface area (Å²) in [5.41, 5.74) is 8.68. The van der Waals surface area contributed by atoms with Gasteiger partial charge in [-0.3, -0.25) is 0 Å². The first-order chi connectivity index (χ1) is 23.3. The molecule has 47 heavy (non-hydrogen) atoms. The van der Waals surface area contributed by atoms with Gasteiger partial charge in [0.05, 0.1) is 0 Å². The molecule has 0 aliphatic rings. The summed E-state index contributed by atoms with van der Waals surface area (Å²) in [5.74, 6) is 1.74. The van der Waals surface area contributed by atoms with Crippen LogP contribution in [0.5, 0.6) is 0 Å². The second-order valence-corrected chi connectivity index (χ2v) is 11.4. The van der Waals surface area contributed by atoms with Crippen molar-refractivity contribution in [2.24, 2.45) is 0 Å². The van der Waals surface area contributed by atoms with E-state index in [1.165, 1.54) is 0 Å². The molecule has 3 nitrogen and oxygen atoms in total. The molecule has 1 heterocycles. The molecule has 0 aliphatic carbocycles. The minimum atomic E-state index is 0.868. The Kier molecular flexibility index (Phi) is 7.54. The fraction of sp³-hybridized carbons (Fsp3) is 0. The van der Waals surface area contributed by atoms with Gasteiger partial charge in [-0.1, -0.05) is 97.1 Å². The number of para-hydroxylation sites is 4. The van der Waals surface area contributed by atoms with Crippen LogP contribution in [0.25, 0.3) is 33.4 Å². The molecular formula is C44H32N2O. The number of benzene rings is 7. The number of fused-ring (bicyclic) bond motifs is 1. The second-order valence-electron chi connectivity index (χ2n) is 11.4. The summed E-state index contributed by atoms with van der Waals surface area (Å²) in [6.45, 7) is 0. The quantitative estimate of drug-likeness (QED) is 0.172. The third-order valence-corrected chi connectivity index (χ3v) is 8.45. The van der Waals surface area contributed by atoms with Crippen molar-refractivity contribution in [1.29, 1.82) is 0 Å². The van der Waals surface area contributed by atoms with Crippen molar-refractivity contribution in [3.05, 3.63) is 194 Å². The Hall–Kier alpha value is -6.32. The van der Waals surface area contributed by atoms with Crippen LogP contribution < -0.4 is 9.80 Å². The Morgan fingerprint density at radius 2 is 0.511 bits per heavy atom. The van der Waals surface area contributed by atoms with Crippen molar-refractivity contribution in [3.63, 3.8) is 0 Å². The van der Waals surface area contributed by atoms with Crippen LogP contribution in [-0.2, 0) is 0 Å². The summed E-state index contributed by atoms with van der Waals surface area (Å²) in [7, 11) is 0. The summed E-state index contributed by atoms with van der Waals surface area (Å²) in [6, 6.07) is 67.6. The molecule has 0 spiro atoms. The number of hydrogen-bond donors (Lipinski definition) is 0. The highest BCUT2D eigenvalue weighted by atomic mass is 16.3. The third kappa shape index (κ3) is 5.56. The fourth-order valence-corrected chi connectivity index (χ4v) is 6.25. The maximum absolute atomic E-state index is 6.75. The zero-order chi connectivity index (χ0) is 31.4. The highest BCUT2D eigenvalue weighted by molar-refractivity contribution is 6.03. The monoisotopic (exact) mass is 604 g/mol. The van der Waals surface area contributed by atoms with Crippen LogP contribution in [-0.4, -0.2) is 0 Å². The van der Waals surface area contributed by atoms with E-state index in [1.54, 1.807) is 0 Å². The van der Waals surface area contributed by atoms with Crippen LogP contribution in [0.3, 0.4) is 0 Å². The average Bonchev–Trinajstić information content (AvgIpc) is 3.54. The lowest BCUT2D eigenvalue weighted by atomic mass is 10.0. The van der Waals surface area contributed by atoms with Crippen LogP contribution in [0, 0.1) is 0 Å². The van der Waals surface area contributed by atoms with Crippen LogP contribution in [0.1, 0.15) is 0 Å². The average molecular weight is 605 g/mol. The molecule has 8 rings (SSSR count). The number of furan rings is 1. The van der Waals surface area contributed by atoms with Gasteiger partial charge in [-0.2, -0.15) is 0 Å². The Balaban J connectivity index is 1.16. The van der Waals surface area contributed by atoms with Gasteiger partial charge in [0, 0.05) is 56.0 Å². The van der Waals surface area contributed by atoms with Gasteiger partial charge in [0.1, 0.15) is 11.5 Å². The molecule has 7 aromatic carbocycles. The Morgan fingerprint density at radius 3 is 0.809 bits per heavy atom. The van der Waals surface area contributed by atoms with E-state index in [2.05, 4.69) is 180 Å². The van der Waals surface area contributed by atoms with E-state index in [0.29, 0.717) is 0 Å². The molecular weight excluding hydrogens is 572 g/mol. The van der Waals surface area contributed by atoms with Crippen molar-refractivity contribution >= 4 is 44.9 Å². The summed E-state index contributed by atoms with van der Waals surface area (Å²) in [6.07, 6.45) is 0. The summed E-state index contributed by atoms with van der Waals surface area (Å²) in [5, 5.41) is 2.19. The van der Waals surface area contributed by atoms with E-state index in [1.807, 2.05) is 24.3 Å². The smallest absolute Gasteiger partial charge is 0.142 e. The van der Waals surface area contributed by atoms with E-state index in [4.69, 9.17) is 4.42 Å². The fourth-order valence-electron chi connectivity index (χ4n) is 6.25. The molecule has 8 aromatic rings. The standard InChI is InChI=1S/C44H32N2O/c1-5-15-35(16-6-1)45(36-17-7-2-8-18-36)39-29-25-33(26-30-39)43-41-23-13-14-24-42(41)44(47-43)34-27-31-40(32-28-34)46(37-19-9-3-10-20-37)38-21-11-4-12-22-38/h1-32H. The molecule has 0 saturated carbocycles. The normalized spacial score (nSPS) is 11.0. The van der Waals surface area contributed by atoms with Gasteiger partial charge in [0.15, 0.2) is 0 Å². The van der Waals surface area contributed by atoms with Crippen LogP contribution in [0.2, 0.25) is 0 Å². The summed E-state index contributed by atoms with van der Waals surface area (Å²) >= 11 is 0. The minimum Gasteiger partial charge on any atom is -0.455 e. The molecule has 224 valence electrons. The van der Waals surface area contributed by atoms with E-state index in [0.717, 1.165) is 67.5 Å². The molecule has 0 fully saturated rings. The SMILES string of the molecule is c1ccc(N(c2ccccc2)c2ccc(-c3oc(-c4ccc(N(c5ccccc5)c5ccccc5)cc4)c4ccccc34)cc2)cc1. The van der Waals surface area contributed by atoms with Gasteiger partial charge in [-0.25, -0.2) is 0 Å². The van der Waals surface area contributed by atoms with Gasteiger partial charge in [-0.05, 0) is 97.1 Å². The van der Waals surface area contributed by atoms with Crippen LogP contribution >= 0.6 is 0 Å². The highest BCUT2D eigenvalue weighted by Gasteiger charge is 2.19. The van der Waals surface area contributed by atoms with Crippen molar-refractivity contribution in [3.8, 4) is 22.6 Å². The predicted molar refractivity (Wildman–Crippen MR) is 196 cm³/mol. The minimum absolute atomic E-state index is 0.868. The molecule has 0 unspecified atom stereocenters.